The van der Waals surface area contributed by atoms with Gasteiger partial charge in [0.2, 0.25) is 0 Å². The zero-order valence-corrected chi connectivity index (χ0v) is 14.1. The van der Waals surface area contributed by atoms with Crippen molar-refractivity contribution in [3.8, 4) is 0 Å². The average Bonchev–Trinajstić information content (AvgIpc) is 2.92. The first-order chi connectivity index (χ1) is 11.7. The molecule has 4 rings (SSSR count). The van der Waals surface area contributed by atoms with E-state index in [1.54, 1.807) is 0 Å². The topological polar surface area (TPSA) is 21.1 Å². The number of para-hydroxylation sites is 2. The Morgan fingerprint density at radius 2 is 1.62 bits per heavy atom. The van der Waals surface area contributed by atoms with Crippen LogP contribution in [0.3, 0.4) is 0 Å². The third-order valence-electron chi connectivity index (χ3n) is 4.40. The number of aromatic nitrogens is 2. The van der Waals surface area contributed by atoms with Gasteiger partial charge in [0.15, 0.2) is 0 Å². The Bertz CT molecular complexity index is 993. The molecule has 4 aromatic rings. The molecule has 0 unspecified atom stereocenters. The Balaban J connectivity index is 1.86. The van der Waals surface area contributed by atoms with E-state index in [1.807, 2.05) is 0 Å². The van der Waals surface area contributed by atoms with Gasteiger partial charge >= 0.3 is 0 Å². The Morgan fingerprint density at radius 1 is 0.875 bits per heavy atom. The zero-order valence-electron chi connectivity index (χ0n) is 14.1. The first-order valence-electron chi connectivity index (χ1n) is 8.28. The van der Waals surface area contributed by atoms with E-state index in [9.17, 15) is 0 Å². The second-order valence-corrected chi connectivity index (χ2v) is 6.48. The van der Waals surface area contributed by atoms with Gasteiger partial charge in [-0.15, -0.1) is 0 Å². The molecule has 3 nitrogen and oxygen atoms in total. The summed E-state index contributed by atoms with van der Waals surface area (Å²) in [6.45, 7) is 1.67. The van der Waals surface area contributed by atoms with E-state index in [-0.39, 0.29) is 0 Å². The number of hydrogen-bond donors (Lipinski definition) is 0. The van der Waals surface area contributed by atoms with E-state index in [0.29, 0.717) is 0 Å². The van der Waals surface area contributed by atoms with Crippen molar-refractivity contribution < 1.29 is 0 Å². The van der Waals surface area contributed by atoms with E-state index in [2.05, 4.69) is 90.3 Å². The first kappa shape index (κ1) is 14.9. The fourth-order valence-electron chi connectivity index (χ4n) is 3.31. The van der Waals surface area contributed by atoms with Gasteiger partial charge in [-0.2, -0.15) is 0 Å². The number of fused-ring (bicyclic) bond motifs is 2. The standard InChI is InChI=1S/C21H21N3/c1-23(2)15-21-22-19-12-5-6-13-20(19)24(21)14-17-10-7-9-16-8-3-4-11-18(16)17/h3-13H,14-15H2,1-2H3. The third kappa shape index (κ3) is 2.68. The molecule has 0 amide bonds. The van der Waals surface area contributed by atoms with E-state index in [4.69, 9.17) is 4.98 Å². The molecule has 1 aromatic heterocycles. The second kappa shape index (κ2) is 6.10. The molecule has 1 heterocycles. The van der Waals surface area contributed by atoms with Crippen molar-refractivity contribution in [2.75, 3.05) is 14.1 Å². The number of rotatable bonds is 4. The van der Waals surface area contributed by atoms with E-state index >= 15 is 0 Å². The molecule has 0 aliphatic rings. The lowest BCUT2D eigenvalue weighted by Crippen LogP contribution is -2.16. The van der Waals surface area contributed by atoms with Gasteiger partial charge in [0.05, 0.1) is 17.6 Å². The lowest BCUT2D eigenvalue weighted by molar-refractivity contribution is 0.384. The van der Waals surface area contributed by atoms with Gasteiger partial charge in [-0.05, 0) is 42.6 Å². The highest BCUT2D eigenvalue weighted by Crippen LogP contribution is 2.23. The Labute approximate surface area is 142 Å². The number of nitrogens with zero attached hydrogens (tertiary/aromatic N) is 3. The lowest BCUT2D eigenvalue weighted by Gasteiger charge is -2.14. The number of benzene rings is 3. The fourth-order valence-corrected chi connectivity index (χ4v) is 3.31. The minimum Gasteiger partial charge on any atom is -0.322 e. The average molecular weight is 315 g/mol. The summed E-state index contributed by atoms with van der Waals surface area (Å²) in [6.07, 6.45) is 0. The van der Waals surface area contributed by atoms with Crippen LogP contribution in [0.5, 0.6) is 0 Å². The van der Waals surface area contributed by atoms with Gasteiger partial charge in [-0.25, -0.2) is 4.98 Å². The predicted molar refractivity (Wildman–Crippen MR) is 100 cm³/mol. The molecule has 0 saturated heterocycles. The van der Waals surface area contributed by atoms with Crippen molar-refractivity contribution in [1.29, 1.82) is 0 Å². The summed E-state index contributed by atoms with van der Waals surface area (Å²) in [6, 6.07) is 23.5. The van der Waals surface area contributed by atoms with E-state index < -0.39 is 0 Å². The molecule has 0 aliphatic carbocycles. The molecule has 0 atom stereocenters. The van der Waals surface area contributed by atoms with Gasteiger partial charge in [0.25, 0.3) is 0 Å². The summed E-state index contributed by atoms with van der Waals surface area (Å²) in [4.78, 5) is 7.02. The van der Waals surface area contributed by atoms with Crippen LogP contribution in [0.2, 0.25) is 0 Å². The third-order valence-corrected chi connectivity index (χ3v) is 4.40. The molecular weight excluding hydrogens is 294 g/mol. The summed E-state index contributed by atoms with van der Waals surface area (Å²) in [5, 5.41) is 2.60. The van der Waals surface area contributed by atoms with Crippen molar-refractivity contribution in [2.45, 2.75) is 13.1 Å². The van der Waals surface area contributed by atoms with E-state index in [1.165, 1.54) is 21.9 Å². The highest BCUT2D eigenvalue weighted by atomic mass is 15.2. The number of imidazole rings is 1. The summed E-state index contributed by atoms with van der Waals surface area (Å²) in [5.74, 6) is 1.11. The van der Waals surface area contributed by atoms with Gasteiger partial charge in [0, 0.05) is 6.54 Å². The molecular formula is C21H21N3. The van der Waals surface area contributed by atoms with Crippen LogP contribution in [-0.2, 0) is 13.1 Å². The molecule has 0 radical (unpaired) electrons. The van der Waals surface area contributed by atoms with Crippen LogP contribution in [0.1, 0.15) is 11.4 Å². The zero-order chi connectivity index (χ0) is 16.5. The lowest BCUT2D eigenvalue weighted by atomic mass is 10.0. The molecule has 0 fully saturated rings. The molecule has 120 valence electrons. The molecule has 24 heavy (non-hydrogen) atoms. The minimum absolute atomic E-state index is 0.833. The van der Waals surface area contributed by atoms with Crippen LogP contribution >= 0.6 is 0 Å². The largest absolute Gasteiger partial charge is 0.322 e. The van der Waals surface area contributed by atoms with Crippen molar-refractivity contribution in [3.05, 3.63) is 78.1 Å². The predicted octanol–water partition coefficient (Wildman–Crippen LogP) is 4.30. The SMILES string of the molecule is CN(C)Cc1nc2ccccc2n1Cc1cccc2ccccc12. The minimum atomic E-state index is 0.833. The van der Waals surface area contributed by atoms with E-state index in [0.717, 1.165) is 24.4 Å². The fraction of sp³-hybridized carbons (Fsp3) is 0.190. The monoisotopic (exact) mass is 315 g/mol. The quantitative estimate of drug-likeness (QED) is 0.560. The Morgan fingerprint density at radius 3 is 2.50 bits per heavy atom. The van der Waals surface area contributed by atoms with Crippen LogP contribution in [0.25, 0.3) is 21.8 Å². The van der Waals surface area contributed by atoms with Crippen molar-refractivity contribution in [2.24, 2.45) is 0 Å². The van der Waals surface area contributed by atoms with Gasteiger partial charge in [-0.3, -0.25) is 0 Å². The van der Waals surface area contributed by atoms with Crippen molar-refractivity contribution >= 4 is 21.8 Å². The Hall–Kier alpha value is -2.65. The molecule has 3 aromatic carbocycles. The molecule has 0 spiro atoms. The smallest absolute Gasteiger partial charge is 0.124 e. The van der Waals surface area contributed by atoms with Crippen LogP contribution in [0, 0.1) is 0 Å². The molecule has 0 bridgehead atoms. The Kier molecular flexibility index (Phi) is 3.79. The summed E-state index contributed by atoms with van der Waals surface area (Å²) in [5.41, 5.74) is 3.59. The maximum atomic E-state index is 4.85. The molecule has 0 saturated carbocycles. The maximum Gasteiger partial charge on any atom is 0.124 e. The van der Waals surface area contributed by atoms with Gasteiger partial charge in [-0.1, -0.05) is 54.6 Å². The maximum absolute atomic E-state index is 4.85. The van der Waals surface area contributed by atoms with Gasteiger partial charge in [0.1, 0.15) is 5.82 Å². The van der Waals surface area contributed by atoms with Crippen molar-refractivity contribution in [1.82, 2.24) is 14.5 Å². The van der Waals surface area contributed by atoms with Crippen LogP contribution < -0.4 is 0 Å². The second-order valence-electron chi connectivity index (χ2n) is 6.48. The van der Waals surface area contributed by atoms with Crippen molar-refractivity contribution in [3.63, 3.8) is 0 Å². The molecule has 0 aliphatic heterocycles. The highest BCUT2D eigenvalue weighted by molar-refractivity contribution is 5.86. The normalized spacial score (nSPS) is 11.6. The summed E-state index contributed by atoms with van der Waals surface area (Å²) >= 11 is 0. The summed E-state index contributed by atoms with van der Waals surface area (Å²) in [7, 11) is 4.17. The molecule has 0 N–H and O–H groups in total. The highest BCUT2D eigenvalue weighted by Gasteiger charge is 2.12. The summed E-state index contributed by atoms with van der Waals surface area (Å²) < 4.78 is 2.34. The number of hydrogen-bond acceptors (Lipinski definition) is 2. The van der Waals surface area contributed by atoms with Crippen LogP contribution in [0.15, 0.2) is 66.7 Å². The van der Waals surface area contributed by atoms with Crippen LogP contribution in [-0.4, -0.2) is 28.5 Å². The molecule has 3 heteroatoms. The van der Waals surface area contributed by atoms with Crippen LogP contribution in [0.4, 0.5) is 0 Å². The first-order valence-corrected chi connectivity index (χ1v) is 8.28. The van der Waals surface area contributed by atoms with Gasteiger partial charge < -0.3 is 9.47 Å².